The molecule has 0 unspecified atom stereocenters. The lowest BCUT2D eigenvalue weighted by Gasteiger charge is -2.21. The first-order valence-electron chi connectivity index (χ1n) is 14.5. The molecule has 6 rings (SSSR count). The van der Waals surface area contributed by atoms with Gasteiger partial charge in [0.25, 0.3) is 5.82 Å². The monoisotopic (exact) mass is 534 g/mol. The third-order valence-electron chi connectivity index (χ3n) is 8.33. The molecule has 5 aromatic carbocycles. The van der Waals surface area contributed by atoms with Crippen molar-refractivity contribution in [2.24, 2.45) is 7.05 Å². The summed E-state index contributed by atoms with van der Waals surface area (Å²) in [5, 5.41) is 12.8. The second kappa shape index (κ2) is 10.4. The van der Waals surface area contributed by atoms with E-state index in [0.29, 0.717) is 5.56 Å². The van der Waals surface area contributed by atoms with Gasteiger partial charge in [-0.1, -0.05) is 94.4 Å². The van der Waals surface area contributed by atoms with Crippen molar-refractivity contribution in [2.45, 2.75) is 46.5 Å². The van der Waals surface area contributed by atoms with Crippen LogP contribution in [0.2, 0.25) is 0 Å². The maximum atomic E-state index is 10.4. The molecule has 3 nitrogen and oxygen atoms in total. The summed E-state index contributed by atoms with van der Waals surface area (Å²) in [4.78, 5) is 0. The van der Waals surface area contributed by atoms with Crippen molar-refractivity contribution in [2.75, 3.05) is 0 Å². The van der Waals surface area contributed by atoms with Crippen LogP contribution in [0.5, 0.6) is 0 Å². The minimum Gasteiger partial charge on any atom is -0.225 e. The van der Waals surface area contributed by atoms with Crippen molar-refractivity contribution in [1.82, 2.24) is 4.57 Å². The van der Waals surface area contributed by atoms with Crippen molar-refractivity contribution in [3.8, 4) is 34.3 Å². The van der Waals surface area contributed by atoms with E-state index in [1.165, 1.54) is 49.8 Å². The van der Waals surface area contributed by atoms with Crippen LogP contribution in [0.1, 0.15) is 61.8 Å². The molecule has 3 heteroatoms. The van der Waals surface area contributed by atoms with Crippen molar-refractivity contribution in [3.63, 3.8) is 0 Å². The number of hydrogen-bond acceptors (Lipinski definition) is 1. The van der Waals surface area contributed by atoms with E-state index >= 15 is 0 Å². The lowest BCUT2D eigenvalue weighted by atomic mass is 9.88. The van der Waals surface area contributed by atoms with E-state index in [9.17, 15) is 5.26 Å². The van der Waals surface area contributed by atoms with Gasteiger partial charge in [-0.2, -0.15) is 9.83 Å². The Balaban J connectivity index is 1.81. The van der Waals surface area contributed by atoms with Crippen LogP contribution in [0.4, 0.5) is 0 Å². The molecule has 0 aliphatic carbocycles. The summed E-state index contributed by atoms with van der Waals surface area (Å²) in [7, 11) is 2.13. The number of nitriles is 1. The molecule has 0 amide bonds. The minimum absolute atomic E-state index is 0.272. The molecule has 0 atom stereocenters. The fourth-order valence-electron chi connectivity index (χ4n) is 6.23. The van der Waals surface area contributed by atoms with Crippen molar-refractivity contribution < 1.29 is 4.57 Å². The number of rotatable bonds is 5. The molecule has 0 aliphatic heterocycles. The maximum Gasteiger partial charge on any atom is 0.295 e. The number of fused-ring (bicyclic) bond motifs is 2. The standard InChI is InChI=1S/C38H36N3/c1-24(2)32-21-31(27-13-8-7-9-14-27)22-33(25(3)4)37(32)41-36-30(23-39)17-12-18-35(36)40(6)38(41)34-20-29-16-11-10-15-28(29)19-26(34)5/h7-22,24-25H,1-6H3/q+1. The molecule has 6 aromatic rings. The number of imidazole rings is 1. The topological polar surface area (TPSA) is 32.6 Å². The fourth-order valence-corrected chi connectivity index (χ4v) is 6.23. The Kier molecular flexibility index (Phi) is 6.72. The number of aryl methyl sites for hydroxylation is 2. The van der Waals surface area contributed by atoms with Crippen LogP contribution in [0, 0.1) is 18.3 Å². The Morgan fingerprint density at radius 1 is 0.707 bits per heavy atom. The smallest absolute Gasteiger partial charge is 0.225 e. The largest absolute Gasteiger partial charge is 0.295 e. The Bertz CT molecular complexity index is 1940. The summed E-state index contributed by atoms with van der Waals surface area (Å²) >= 11 is 0. The van der Waals surface area contributed by atoms with Crippen LogP contribution in [-0.4, -0.2) is 4.57 Å². The van der Waals surface area contributed by atoms with E-state index in [1.807, 2.05) is 12.1 Å². The molecular weight excluding hydrogens is 498 g/mol. The van der Waals surface area contributed by atoms with E-state index in [4.69, 9.17) is 0 Å². The minimum atomic E-state index is 0.272. The van der Waals surface area contributed by atoms with Crippen LogP contribution < -0.4 is 4.57 Å². The van der Waals surface area contributed by atoms with Crippen LogP contribution >= 0.6 is 0 Å². The van der Waals surface area contributed by atoms with E-state index in [1.54, 1.807) is 0 Å². The van der Waals surface area contributed by atoms with Gasteiger partial charge in [0.2, 0.25) is 0 Å². The Labute approximate surface area is 242 Å². The predicted octanol–water partition coefficient (Wildman–Crippen LogP) is 9.37. The van der Waals surface area contributed by atoms with E-state index in [0.717, 1.165) is 16.9 Å². The van der Waals surface area contributed by atoms with Crippen molar-refractivity contribution in [3.05, 3.63) is 119 Å². The SMILES string of the molecule is Cc1cc2ccccc2cc1-c1n(C)c2cccc(C#N)c2[n+]1-c1c(C(C)C)cc(-c2ccccc2)cc1C(C)C. The molecular formula is C38H36N3+. The van der Waals surface area contributed by atoms with Gasteiger partial charge in [0.1, 0.15) is 17.3 Å². The second-order valence-corrected chi connectivity index (χ2v) is 11.7. The first-order chi connectivity index (χ1) is 19.8. The van der Waals surface area contributed by atoms with Crippen LogP contribution in [0.25, 0.3) is 50.0 Å². The van der Waals surface area contributed by atoms with Crippen LogP contribution in [0.3, 0.4) is 0 Å². The molecule has 0 saturated carbocycles. The number of aromatic nitrogens is 2. The zero-order valence-electron chi connectivity index (χ0n) is 24.7. The Morgan fingerprint density at radius 3 is 1.93 bits per heavy atom. The average Bonchev–Trinajstić information content (AvgIpc) is 3.28. The van der Waals surface area contributed by atoms with Gasteiger partial charge in [-0.05, 0) is 76.6 Å². The number of para-hydroxylation sites is 1. The number of hydrogen-bond donors (Lipinski definition) is 0. The van der Waals surface area contributed by atoms with Crippen molar-refractivity contribution in [1.29, 1.82) is 5.26 Å². The molecule has 0 aliphatic rings. The summed E-state index contributed by atoms with van der Waals surface area (Å²) in [5.74, 6) is 1.63. The normalized spacial score (nSPS) is 11.6. The molecule has 41 heavy (non-hydrogen) atoms. The van der Waals surface area contributed by atoms with Gasteiger partial charge in [-0.3, -0.25) is 0 Å². The van der Waals surface area contributed by atoms with Crippen LogP contribution in [-0.2, 0) is 7.05 Å². The average molecular weight is 535 g/mol. The van der Waals surface area contributed by atoms with Gasteiger partial charge < -0.3 is 0 Å². The molecule has 202 valence electrons. The van der Waals surface area contributed by atoms with Gasteiger partial charge in [0, 0.05) is 11.1 Å². The third kappa shape index (κ3) is 4.41. The highest BCUT2D eigenvalue weighted by Crippen LogP contribution is 2.38. The highest BCUT2D eigenvalue weighted by molar-refractivity contribution is 5.90. The van der Waals surface area contributed by atoms with Crippen LogP contribution in [0.15, 0.2) is 97.1 Å². The van der Waals surface area contributed by atoms with Gasteiger partial charge in [0.15, 0.2) is 11.0 Å². The molecule has 0 saturated heterocycles. The van der Waals surface area contributed by atoms with Gasteiger partial charge in [-0.25, -0.2) is 4.57 Å². The molecule has 0 N–H and O–H groups in total. The van der Waals surface area contributed by atoms with E-state index < -0.39 is 0 Å². The quantitative estimate of drug-likeness (QED) is 0.203. The Morgan fingerprint density at radius 2 is 1.32 bits per heavy atom. The molecule has 0 spiro atoms. The number of nitrogens with zero attached hydrogens (tertiary/aromatic N) is 3. The highest BCUT2D eigenvalue weighted by Gasteiger charge is 2.33. The van der Waals surface area contributed by atoms with Gasteiger partial charge >= 0.3 is 0 Å². The molecule has 0 fully saturated rings. The lowest BCUT2D eigenvalue weighted by Crippen LogP contribution is -2.37. The second-order valence-electron chi connectivity index (χ2n) is 11.7. The molecule has 0 bridgehead atoms. The maximum absolute atomic E-state index is 10.4. The predicted molar refractivity (Wildman–Crippen MR) is 170 cm³/mol. The Hall–Kier alpha value is -4.68. The van der Waals surface area contributed by atoms with E-state index in [2.05, 4.69) is 142 Å². The summed E-state index contributed by atoms with van der Waals surface area (Å²) in [5.41, 5.74) is 11.2. The lowest BCUT2D eigenvalue weighted by molar-refractivity contribution is -0.557. The zero-order chi connectivity index (χ0) is 28.8. The number of benzene rings is 5. The zero-order valence-corrected chi connectivity index (χ0v) is 24.7. The summed E-state index contributed by atoms with van der Waals surface area (Å²) < 4.78 is 4.66. The summed E-state index contributed by atoms with van der Waals surface area (Å²) in [6.45, 7) is 11.3. The van der Waals surface area contributed by atoms with Crippen molar-refractivity contribution >= 4 is 21.8 Å². The van der Waals surface area contributed by atoms with Gasteiger partial charge in [0.05, 0.1) is 12.6 Å². The molecule has 1 aromatic heterocycles. The fraction of sp³-hybridized carbons (Fsp3) is 0.211. The highest BCUT2D eigenvalue weighted by atomic mass is 15.2. The molecule has 1 heterocycles. The third-order valence-corrected chi connectivity index (χ3v) is 8.33. The summed E-state index contributed by atoms with van der Waals surface area (Å²) in [6, 6.07) is 37.1. The first kappa shape index (κ1) is 26.5. The summed E-state index contributed by atoms with van der Waals surface area (Å²) in [6.07, 6.45) is 0. The first-order valence-corrected chi connectivity index (χ1v) is 14.5. The van der Waals surface area contributed by atoms with E-state index in [-0.39, 0.29) is 11.8 Å². The van der Waals surface area contributed by atoms with Gasteiger partial charge in [-0.15, -0.1) is 0 Å². The molecule has 0 radical (unpaired) electrons.